The highest BCUT2D eigenvalue weighted by molar-refractivity contribution is 9.10. The van der Waals surface area contributed by atoms with E-state index in [0.717, 1.165) is 0 Å². The first kappa shape index (κ1) is 14.9. The lowest BCUT2D eigenvalue weighted by atomic mass is 10.2. The highest BCUT2D eigenvalue weighted by Crippen LogP contribution is 2.25. The Morgan fingerprint density at radius 3 is 2.67 bits per heavy atom. The van der Waals surface area contributed by atoms with Gasteiger partial charge in [0.15, 0.2) is 9.84 Å². The molecule has 1 N–H and O–H groups in total. The molecule has 0 spiro atoms. The molecule has 0 bridgehead atoms. The Bertz CT molecular complexity index is 563. The molecule has 0 amide bonds. The lowest BCUT2D eigenvalue weighted by molar-refractivity contribution is 0.0696. The van der Waals surface area contributed by atoms with Crippen LogP contribution < -0.4 is 0 Å². The Hall–Kier alpha value is -1.14. The Kier molecular flexibility index (Phi) is 5.10. The van der Waals surface area contributed by atoms with Crippen LogP contribution >= 0.6 is 15.9 Å². The average molecular weight is 333 g/mol. The molecule has 0 heterocycles. The second-order valence-corrected chi connectivity index (χ2v) is 6.63. The van der Waals surface area contributed by atoms with Crippen molar-refractivity contribution < 1.29 is 18.3 Å². The first-order chi connectivity index (χ1) is 8.38. The van der Waals surface area contributed by atoms with E-state index in [2.05, 4.69) is 22.5 Å². The van der Waals surface area contributed by atoms with Crippen molar-refractivity contribution in [2.24, 2.45) is 0 Å². The van der Waals surface area contributed by atoms with Gasteiger partial charge in [-0.15, -0.1) is 6.58 Å². The first-order valence-corrected chi connectivity index (χ1v) is 7.69. The van der Waals surface area contributed by atoms with Crippen molar-refractivity contribution in [2.45, 2.75) is 17.7 Å². The summed E-state index contributed by atoms with van der Waals surface area (Å²) < 4.78 is 24.5. The molecule has 0 atom stereocenters. The average Bonchev–Trinajstić information content (AvgIpc) is 2.29. The molecular formula is C12H13BrO4S. The molecule has 0 aliphatic rings. The molecule has 18 heavy (non-hydrogen) atoms. The number of rotatable bonds is 6. The van der Waals surface area contributed by atoms with Crippen LogP contribution in [0.5, 0.6) is 0 Å². The summed E-state index contributed by atoms with van der Waals surface area (Å²) in [5.41, 5.74) is -0.0412. The van der Waals surface area contributed by atoms with Crippen LogP contribution in [0.4, 0.5) is 0 Å². The van der Waals surface area contributed by atoms with Gasteiger partial charge in [-0.1, -0.05) is 6.08 Å². The standard InChI is InChI=1S/C12H13BrO4S/c1-2-3-4-7-18(16,17)11-8-9(12(14)15)5-6-10(11)13/h2,5-6,8H,1,3-4,7H2,(H,14,15). The molecular weight excluding hydrogens is 320 g/mol. The zero-order valence-electron chi connectivity index (χ0n) is 9.60. The van der Waals surface area contributed by atoms with Crippen molar-refractivity contribution in [2.75, 3.05) is 5.75 Å². The molecule has 1 aromatic carbocycles. The SMILES string of the molecule is C=CCCCS(=O)(=O)c1cc(C(=O)O)ccc1Br. The highest BCUT2D eigenvalue weighted by atomic mass is 79.9. The summed E-state index contributed by atoms with van der Waals surface area (Å²) >= 11 is 3.13. The summed E-state index contributed by atoms with van der Waals surface area (Å²) in [6.07, 6.45) is 2.73. The van der Waals surface area contributed by atoms with Crippen molar-refractivity contribution in [3.05, 3.63) is 40.9 Å². The maximum absolute atomic E-state index is 12.0. The van der Waals surface area contributed by atoms with E-state index >= 15 is 0 Å². The zero-order chi connectivity index (χ0) is 13.8. The third kappa shape index (κ3) is 3.68. The van der Waals surface area contributed by atoms with Crippen LogP contribution in [0.3, 0.4) is 0 Å². The number of hydrogen-bond acceptors (Lipinski definition) is 3. The second kappa shape index (κ2) is 6.15. The third-order valence-corrected chi connectivity index (χ3v) is 5.12. The Balaban J connectivity index is 3.10. The van der Waals surface area contributed by atoms with Gasteiger partial charge in [0.25, 0.3) is 0 Å². The van der Waals surface area contributed by atoms with Crippen LogP contribution in [0.1, 0.15) is 23.2 Å². The number of benzene rings is 1. The van der Waals surface area contributed by atoms with Gasteiger partial charge in [-0.2, -0.15) is 0 Å². The van der Waals surface area contributed by atoms with E-state index in [-0.39, 0.29) is 16.2 Å². The molecule has 1 rings (SSSR count). The molecule has 0 radical (unpaired) electrons. The number of unbranched alkanes of at least 4 members (excludes halogenated alkanes) is 1. The van der Waals surface area contributed by atoms with Crippen molar-refractivity contribution in [3.63, 3.8) is 0 Å². The van der Waals surface area contributed by atoms with Crippen molar-refractivity contribution in [1.82, 2.24) is 0 Å². The van der Waals surface area contributed by atoms with Gasteiger partial charge in [-0.25, -0.2) is 13.2 Å². The lowest BCUT2D eigenvalue weighted by Gasteiger charge is -2.07. The number of hydrogen-bond donors (Lipinski definition) is 1. The molecule has 1 aromatic rings. The van der Waals surface area contributed by atoms with Gasteiger partial charge in [0.2, 0.25) is 0 Å². The van der Waals surface area contributed by atoms with Crippen LogP contribution in [0.25, 0.3) is 0 Å². The largest absolute Gasteiger partial charge is 0.478 e. The highest BCUT2D eigenvalue weighted by Gasteiger charge is 2.19. The fourth-order valence-electron chi connectivity index (χ4n) is 1.40. The third-order valence-electron chi connectivity index (χ3n) is 2.33. The van der Waals surface area contributed by atoms with Gasteiger partial charge in [0, 0.05) is 4.47 Å². The monoisotopic (exact) mass is 332 g/mol. The van der Waals surface area contributed by atoms with Crippen LogP contribution in [0, 0.1) is 0 Å². The topological polar surface area (TPSA) is 71.4 Å². The lowest BCUT2D eigenvalue weighted by Crippen LogP contribution is -2.09. The number of carboxylic acid groups (broad SMARTS) is 1. The minimum Gasteiger partial charge on any atom is -0.478 e. The van der Waals surface area contributed by atoms with E-state index < -0.39 is 15.8 Å². The molecule has 0 unspecified atom stereocenters. The molecule has 0 aromatic heterocycles. The van der Waals surface area contributed by atoms with E-state index in [0.29, 0.717) is 17.3 Å². The number of carboxylic acids is 1. The van der Waals surface area contributed by atoms with Crippen LogP contribution in [0.2, 0.25) is 0 Å². The van der Waals surface area contributed by atoms with Gasteiger partial charge in [0.05, 0.1) is 16.2 Å². The zero-order valence-corrected chi connectivity index (χ0v) is 12.0. The van der Waals surface area contributed by atoms with Crippen molar-refractivity contribution in [3.8, 4) is 0 Å². The maximum atomic E-state index is 12.0. The summed E-state index contributed by atoms with van der Waals surface area (Å²) in [5, 5.41) is 8.86. The maximum Gasteiger partial charge on any atom is 0.335 e. The molecule has 4 nitrogen and oxygen atoms in total. The molecule has 0 aliphatic carbocycles. The number of carbonyl (C=O) groups is 1. The predicted molar refractivity (Wildman–Crippen MR) is 72.6 cm³/mol. The van der Waals surface area contributed by atoms with Gasteiger partial charge in [0.1, 0.15) is 0 Å². The molecule has 0 saturated carbocycles. The summed E-state index contributed by atoms with van der Waals surface area (Å²) in [5.74, 6) is -1.18. The molecule has 0 saturated heterocycles. The van der Waals surface area contributed by atoms with Crippen molar-refractivity contribution >= 4 is 31.7 Å². The summed E-state index contributed by atoms with van der Waals surface area (Å²) in [6.45, 7) is 3.53. The van der Waals surface area contributed by atoms with E-state index in [1.54, 1.807) is 6.08 Å². The number of allylic oxidation sites excluding steroid dienone is 1. The van der Waals surface area contributed by atoms with Crippen LogP contribution in [0.15, 0.2) is 40.2 Å². The van der Waals surface area contributed by atoms with E-state index in [9.17, 15) is 13.2 Å². The first-order valence-electron chi connectivity index (χ1n) is 5.25. The number of aromatic carboxylic acids is 1. The Morgan fingerprint density at radius 2 is 2.11 bits per heavy atom. The van der Waals surface area contributed by atoms with Gasteiger partial charge in [-0.3, -0.25) is 0 Å². The number of sulfone groups is 1. The van der Waals surface area contributed by atoms with Gasteiger partial charge < -0.3 is 5.11 Å². The molecule has 6 heteroatoms. The van der Waals surface area contributed by atoms with Gasteiger partial charge in [-0.05, 0) is 47.0 Å². The van der Waals surface area contributed by atoms with E-state index in [1.165, 1.54) is 18.2 Å². The smallest absolute Gasteiger partial charge is 0.335 e. The quantitative estimate of drug-likeness (QED) is 0.642. The molecule has 98 valence electrons. The molecule has 0 fully saturated rings. The van der Waals surface area contributed by atoms with E-state index in [4.69, 9.17) is 5.11 Å². The Morgan fingerprint density at radius 1 is 1.44 bits per heavy atom. The summed E-state index contributed by atoms with van der Waals surface area (Å²) in [4.78, 5) is 10.8. The fourth-order valence-corrected chi connectivity index (χ4v) is 3.83. The van der Waals surface area contributed by atoms with Crippen molar-refractivity contribution in [1.29, 1.82) is 0 Å². The Labute approximate surface area is 114 Å². The van der Waals surface area contributed by atoms with E-state index in [1.807, 2.05) is 0 Å². The summed E-state index contributed by atoms with van der Waals surface area (Å²) in [6, 6.07) is 3.97. The predicted octanol–water partition coefficient (Wildman–Crippen LogP) is 2.89. The van der Waals surface area contributed by atoms with Crippen LogP contribution in [-0.4, -0.2) is 25.2 Å². The fraction of sp³-hybridized carbons (Fsp3) is 0.250. The number of halogens is 1. The normalized spacial score (nSPS) is 11.2. The van der Waals surface area contributed by atoms with Gasteiger partial charge >= 0.3 is 5.97 Å². The van der Waals surface area contributed by atoms with Crippen LogP contribution in [-0.2, 0) is 9.84 Å². The molecule has 0 aliphatic heterocycles. The second-order valence-electron chi connectivity index (χ2n) is 3.70. The minimum atomic E-state index is -3.48. The summed E-state index contributed by atoms with van der Waals surface area (Å²) in [7, 11) is -3.48. The minimum absolute atomic E-state index is 0.0199.